The average molecular weight is 382 g/mol. The van der Waals surface area contributed by atoms with Gasteiger partial charge in [0.25, 0.3) is 5.56 Å². The molecule has 0 fully saturated rings. The number of amides is 1. The Balaban J connectivity index is 1.55. The summed E-state index contributed by atoms with van der Waals surface area (Å²) in [5.41, 5.74) is 9.62. The van der Waals surface area contributed by atoms with E-state index in [9.17, 15) is 9.59 Å². The number of hydrogen-bond donors (Lipinski definition) is 2. The highest BCUT2D eigenvalue weighted by Crippen LogP contribution is 2.32. The minimum absolute atomic E-state index is 0.0304. The number of aryl methyl sites for hydroxylation is 3. The van der Waals surface area contributed by atoms with Crippen LogP contribution in [-0.4, -0.2) is 22.4 Å². The molecule has 4 rings (SSSR count). The van der Waals surface area contributed by atoms with E-state index in [0.29, 0.717) is 30.6 Å². The molecule has 0 spiro atoms. The van der Waals surface area contributed by atoms with Crippen LogP contribution in [0.1, 0.15) is 34.7 Å². The topological polar surface area (TPSA) is 92.1 Å². The van der Waals surface area contributed by atoms with Crippen LogP contribution in [-0.2, 0) is 17.6 Å². The number of H-pyrrole nitrogens is 1. The Kier molecular flexibility index (Phi) is 4.47. The molecule has 0 bridgehead atoms. The van der Waals surface area contributed by atoms with E-state index >= 15 is 0 Å². The van der Waals surface area contributed by atoms with Crippen LogP contribution in [0.25, 0.3) is 10.2 Å². The van der Waals surface area contributed by atoms with E-state index in [1.165, 1.54) is 11.3 Å². The lowest BCUT2D eigenvalue weighted by Gasteiger charge is -2.30. The molecule has 140 valence electrons. The first kappa shape index (κ1) is 17.7. The molecular weight excluding hydrogens is 360 g/mol. The van der Waals surface area contributed by atoms with Crippen LogP contribution in [0.4, 0.5) is 11.4 Å². The second kappa shape index (κ2) is 6.81. The van der Waals surface area contributed by atoms with Gasteiger partial charge in [-0.05, 0) is 49.9 Å². The number of thiophene rings is 1. The molecule has 7 heteroatoms. The van der Waals surface area contributed by atoms with Crippen LogP contribution in [0.15, 0.2) is 23.0 Å². The molecule has 6 nitrogen and oxygen atoms in total. The van der Waals surface area contributed by atoms with Gasteiger partial charge in [0.05, 0.1) is 5.39 Å². The summed E-state index contributed by atoms with van der Waals surface area (Å²) in [6, 6.07) is 5.71. The number of carbonyl (C=O) groups is 1. The van der Waals surface area contributed by atoms with Crippen LogP contribution in [0.2, 0.25) is 0 Å². The number of nitrogens with one attached hydrogen (secondary N) is 1. The number of nitrogens with two attached hydrogens (primary N) is 1. The molecule has 3 aromatic rings. The van der Waals surface area contributed by atoms with Crippen LogP contribution in [0, 0.1) is 13.8 Å². The van der Waals surface area contributed by atoms with Crippen molar-refractivity contribution in [2.24, 2.45) is 0 Å². The Labute approximate surface area is 161 Å². The van der Waals surface area contributed by atoms with E-state index in [2.05, 4.69) is 9.97 Å². The van der Waals surface area contributed by atoms with E-state index in [1.807, 2.05) is 36.9 Å². The summed E-state index contributed by atoms with van der Waals surface area (Å²) in [6.45, 7) is 4.62. The molecule has 1 amide bonds. The molecule has 0 saturated heterocycles. The van der Waals surface area contributed by atoms with Gasteiger partial charge in [-0.25, -0.2) is 4.98 Å². The fourth-order valence-electron chi connectivity index (χ4n) is 3.69. The van der Waals surface area contributed by atoms with Gasteiger partial charge in [-0.3, -0.25) is 9.59 Å². The highest BCUT2D eigenvalue weighted by Gasteiger charge is 2.23. The Bertz CT molecular complexity index is 1100. The molecular formula is C20H22N4O2S. The van der Waals surface area contributed by atoms with Gasteiger partial charge in [0.15, 0.2) is 0 Å². The molecule has 0 radical (unpaired) electrons. The predicted octanol–water partition coefficient (Wildman–Crippen LogP) is 3.10. The Morgan fingerprint density at radius 2 is 2.19 bits per heavy atom. The van der Waals surface area contributed by atoms with Crippen molar-refractivity contribution in [3.63, 3.8) is 0 Å². The normalized spacial score (nSPS) is 13.8. The van der Waals surface area contributed by atoms with Gasteiger partial charge in [0, 0.05) is 35.6 Å². The van der Waals surface area contributed by atoms with Gasteiger partial charge in [-0.15, -0.1) is 11.3 Å². The first-order valence-electron chi connectivity index (χ1n) is 9.12. The molecule has 27 heavy (non-hydrogen) atoms. The number of nitrogen functional groups attached to an aromatic ring is 1. The van der Waals surface area contributed by atoms with Gasteiger partial charge in [0.2, 0.25) is 5.91 Å². The SMILES string of the molecule is Cc1sc2nc(CCC(=O)N3CCCc4c(N)cccc43)[nH]c(=O)c2c1C. The summed E-state index contributed by atoms with van der Waals surface area (Å²) in [5, 5.41) is 0.660. The minimum Gasteiger partial charge on any atom is -0.398 e. The van der Waals surface area contributed by atoms with Crippen molar-refractivity contribution in [1.82, 2.24) is 9.97 Å². The maximum atomic E-state index is 12.8. The van der Waals surface area contributed by atoms with Crippen molar-refractivity contribution in [2.45, 2.75) is 39.5 Å². The van der Waals surface area contributed by atoms with E-state index in [4.69, 9.17) is 5.73 Å². The lowest BCUT2D eigenvalue weighted by atomic mass is 9.99. The molecule has 0 aliphatic carbocycles. The quantitative estimate of drug-likeness (QED) is 0.681. The second-order valence-electron chi connectivity index (χ2n) is 6.97. The minimum atomic E-state index is -0.125. The maximum Gasteiger partial charge on any atom is 0.259 e. The van der Waals surface area contributed by atoms with Crippen molar-refractivity contribution in [3.8, 4) is 0 Å². The largest absolute Gasteiger partial charge is 0.398 e. The summed E-state index contributed by atoms with van der Waals surface area (Å²) >= 11 is 1.52. The second-order valence-corrected chi connectivity index (χ2v) is 8.17. The van der Waals surface area contributed by atoms with E-state index in [1.54, 1.807) is 0 Å². The smallest absolute Gasteiger partial charge is 0.259 e. The number of carbonyl (C=O) groups excluding carboxylic acids is 1. The van der Waals surface area contributed by atoms with E-state index in [-0.39, 0.29) is 11.5 Å². The number of aromatic nitrogens is 2. The molecule has 3 N–H and O–H groups in total. The standard InChI is InChI=1S/C20H22N4O2S/c1-11-12(2)27-20-18(11)19(26)22-16(23-20)8-9-17(25)24-10-4-5-13-14(21)6-3-7-15(13)24/h3,6-7H,4-5,8-10,21H2,1-2H3,(H,22,23,26). The number of benzene rings is 1. The molecule has 3 heterocycles. The van der Waals surface area contributed by atoms with Crippen LogP contribution < -0.4 is 16.2 Å². The summed E-state index contributed by atoms with van der Waals surface area (Å²) in [4.78, 5) is 36.3. The molecule has 1 aliphatic heterocycles. The Morgan fingerprint density at radius 1 is 1.37 bits per heavy atom. The van der Waals surface area contributed by atoms with Crippen molar-refractivity contribution in [1.29, 1.82) is 0 Å². The van der Waals surface area contributed by atoms with Crippen molar-refractivity contribution in [2.75, 3.05) is 17.2 Å². The number of anilines is 2. The third-order valence-electron chi connectivity index (χ3n) is 5.25. The first-order valence-corrected chi connectivity index (χ1v) is 9.94. The van der Waals surface area contributed by atoms with E-state index < -0.39 is 0 Å². The summed E-state index contributed by atoms with van der Waals surface area (Å²) in [6.07, 6.45) is 2.51. The highest BCUT2D eigenvalue weighted by atomic mass is 32.1. The fraction of sp³-hybridized carbons (Fsp3) is 0.350. The molecule has 2 aromatic heterocycles. The summed E-state index contributed by atoms with van der Waals surface area (Å²) in [7, 11) is 0. The first-order chi connectivity index (χ1) is 13.0. The average Bonchev–Trinajstić information content (AvgIpc) is 2.94. The lowest BCUT2D eigenvalue weighted by molar-refractivity contribution is -0.118. The number of hydrogen-bond acceptors (Lipinski definition) is 5. The maximum absolute atomic E-state index is 12.8. The number of rotatable bonds is 3. The van der Waals surface area contributed by atoms with Crippen LogP contribution >= 0.6 is 11.3 Å². The van der Waals surface area contributed by atoms with Crippen LogP contribution in [0.5, 0.6) is 0 Å². The molecule has 1 aromatic carbocycles. The predicted molar refractivity (Wildman–Crippen MR) is 110 cm³/mol. The van der Waals surface area contributed by atoms with Gasteiger partial charge in [0.1, 0.15) is 10.7 Å². The molecule has 0 atom stereocenters. The van der Waals surface area contributed by atoms with Gasteiger partial charge < -0.3 is 15.6 Å². The lowest BCUT2D eigenvalue weighted by Crippen LogP contribution is -2.36. The third kappa shape index (κ3) is 3.12. The Morgan fingerprint density at radius 3 is 3.00 bits per heavy atom. The summed E-state index contributed by atoms with van der Waals surface area (Å²) < 4.78 is 0. The number of aromatic amines is 1. The van der Waals surface area contributed by atoms with Crippen molar-refractivity contribution < 1.29 is 4.79 Å². The fourth-order valence-corrected chi connectivity index (χ4v) is 4.74. The van der Waals surface area contributed by atoms with Crippen molar-refractivity contribution in [3.05, 3.63) is 50.4 Å². The summed E-state index contributed by atoms with van der Waals surface area (Å²) in [5.74, 6) is 0.592. The number of nitrogens with zero attached hydrogens (tertiary/aromatic N) is 2. The molecule has 0 saturated carbocycles. The van der Waals surface area contributed by atoms with Crippen molar-refractivity contribution >= 4 is 38.8 Å². The highest BCUT2D eigenvalue weighted by molar-refractivity contribution is 7.18. The van der Waals surface area contributed by atoms with Gasteiger partial charge in [-0.1, -0.05) is 6.07 Å². The Hall–Kier alpha value is -2.67. The zero-order valence-corrected chi connectivity index (χ0v) is 16.3. The number of fused-ring (bicyclic) bond motifs is 2. The monoisotopic (exact) mass is 382 g/mol. The van der Waals surface area contributed by atoms with Crippen LogP contribution in [0.3, 0.4) is 0 Å². The zero-order chi connectivity index (χ0) is 19.1. The van der Waals surface area contributed by atoms with E-state index in [0.717, 1.165) is 45.1 Å². The van der Waals surface area contributed by atoms with Gasteiger partial charge >= 0.3 is 0 Å². The van der Waals surface area contributed by atoms with Gasteiger partial charge in [-0.2, -0.15) is 0 Å². The molecule has 0 unspecified atom stereocenters. The molecule has 1 aliphatic rings. The zero-order valence-electron chi connectivity index (χ0n) is 15.5. The third-order valence-corrected chi connectivity index (χ3v) is 6.35.